The summed E-state index contributed by atoms with van der Waals surface area (Å²) in [5, 5.41) is 8.80. The summed E-state index contributed by atoms with van der Waals surface area (Å²) < 4.78 is 0. The highest BCUT2D eigenvalue weighted by molar-refractivity contribution is 7.12. The predicted molar refractivity (Wildman–Crippen MR) is 56.8 cm³/mol. The Labute approximate surface area is 87.6 Å². The number of rotatable bonds is 4. The molecule has 1 N–H and O–H groups in total. The smallest absolute Gasteiger partial charge is 0.307 e. The van der Waals surface area contributed by atoms with Crippen LogP contribution in [0.15, 0.2) is 12.1 Å². The zero-order valence-corrected chi connectivity index (χ0v) is 9.01. The Morgan fingerprint density at radius 1 is 1.64 bits per heavy atom. The maximum absolute atomic E-state index is 10.7. The van der Waals surface area contributed by atoms with Crippen molar-refractivity contribution in [3.05, 3.63) is 21.9 Å². The van der Waals surface area contributed by atoms with Crippen LogP contribution in [0.4, 0.5) is 0 Å². The van der Waals surface area contributed by atoms with Crippen LogP contribution in [0, 0.1) is 5.92 Å². The summed E-state index contributed by atoms with van der Waals surface area (Å²) in [6.45, 7) is 2.16. The monoisotopic (exact) mass is 210 g/mol. The molecule has 1 aliphatic carbocycles. The Bertz CT molecular complexity index is 343. The Morgan fingerprint density at radius 2 is 2.43 bits per heavy atom. The van der Waals surface area contributed by atoms with Crippen molar-refractivity contribution in [2.75, 3.05) is 0 Å². The first kappa shape index (κ1) is 9.71. The lowest BCUT2D eigenvalue weighted by molar-refractivity contribution is -0.138. The van der Waals surface area contributed by atoms with Gasteiger partial charge in [0.2, 0.25) is 0 Å². The van der Waals surface area contributed by atoms with Gasteiger partial charge in [-0.15, -0.1) is 11.3 Å². The van der Waals surface area contributed by atoms with Gasteiger partial charge < -0.3 is 5.11 Å². The molecule has 14 heavy (non-hydrogen) atoms. The lowest BCUT2D eigenvalue weighted by Crippen LogP contribution is -1.97. The van der Waals surface area contributed by atoms with Gasteiger partial charge in [0.1, 0.15) is 0 Å². The molecule has 1 aromatic heterocycles. The minimum atomic E-state index is -0.638. The number of carboxylic acid groups (broad SMARTS) is 1. The molecule has 0 saturated heterocycles. The van der Waals surface area contributed by atoms with E-state index in [0.29, 0.717) is 5.92 Å². The van der Waals surface area contributed by atoms with E-state index in [1.807, 2.05) is 0 Å². The fourth-order valence-corrected chi connectivity index (χ4v) is 3.05. The fraction of sp³-hybridized carbons (Fsp3) is 0.545. The molecule has 0 aromatic carbocycles. The van der Waals surface area contributed by atoms with E-state index < -0.39 is 5.97 Å². The van der Waals surface area contributed by atoms with Crippen LogP contribution in [0.2, 0.25) is 0 Å². The van der Waals surface area contributed by atoms with Crippen molar-refractivity contribution in [1.29, 1.82) is 0 Å². The topological polar surface area (TPSA) is 37.3 Å². The Balaban J connectivity index is 2.01. The van der Waals surface area contributed by atoms with Crippen molar-refractivity contribution in [3.8, 4) is 0 Å². The third kappa shape index (κ3) is 1.82. The lowest BCUT2D eigenvalue weighted by Gasteiger charge is -1.91. The Kier molecular flexibility index (Phi) is 2.59. The van der Waals surface area contributed by atoms with E-state index in [1.54, 1.807) is 11.3 Å². The summed E-state index contributed by atoms with van der Waals surface area (Å²) in [6.07, 6.45) is 3.11. The van der Waals surface area contributed by atoms with Gasteiger partial charge in [-0.3, -0.25) is 4.79 Å². The van der Waals surface area contributed by atoms with Gasteiger partial charge in [-0.25, -0.2) is 0 Å². The Hall–Kier alpha value is -0.830. The molecule has 0 spiro atoms. The number of aliphatic carboxylic acids is 1. The first-order chi connectivity index (χ1) is 6.72. The van der Waals surface area contributed by atoms with Crippen LogP contribution in [0.5, 0.6) is 0 Å². The van der Waals surface area contributed by atoms with Crippen LogP contribution >= 0.6 is 11.3 Å². The maximum atomic E-state index is 10.7. The lowest BCUT2D eigenvalue weighted by atomic mass is 10.2. The SMILES string of the molecule is CCCc1ccc(C2CC2C(=O)O)s1. The van der Waals surface area contributed by atoms with E-state index in [1.165, 1.54) is 9.75 Å². The predicted octanol–water partition coefficient (Wildman–Crippen LogP) is 2.89. The molecule has 2 nitrogen and oxygen atoms in total. The molecule has 2 unspecified atom stereocenters. The van der Waals surface area contributed by atoms with E-state index in [9.17, 15) is 4.79 Å². The molecule has 0 bridgehead atoms. The van der Waals surface area contributed by atoms with E-state index in [2.05, 4.69) is 19.1 Å². The highest BCUT2D eigenvalue weighted by Gasteiger charge is 2.44. The fourth-order valence-electron chi connectivity index (χ4n) is 1.76. The van der Waals surface area contributed by atoms with Crippen LogP contribution in [0.1, 0.15) is 35.4 Å². The van der Waals surface area contributed by atoms with Gasteiger partial charge in [-0.2, -0.15) is 0 Å². The summed E-state index contributed by atoms with van der Waals surface area (Å²) in [6, 6.07) is 4.24. The van der Waals surface area contributed by atoms with Crippen LogP contribution in [-0.2, 0) is 11.2 Å². The summed E-state index contributed by atoms with van der Waals surface area (Å²) in [5.74, 6) is -0.438. The second kappa shape index (κ2) is 3.73. The highest BCUT2D eigenvalue weighted by Crippen LogP contribution is 2.49. The van der Waals surface area contributed by atoms with Crippen LogP contribution in [0.25, 0.3) is 0 Å². The molecule has 0 radical (unpaired) electrons. The molecular formula is C11H14O2S. The zero-order valence-electron chi connectivity index (χ0n) is 8.19. The second-order valence-corrected chi connectivity index (χ2v) is 5.04. The minimum Gasteiger partial charge on any atom is -0.481 e. The van der Waals surface area contributed by atoms with Crippen molar-refractivity contribution < 1.29 is 9.90 Å². The van der Waals surface area contributed by atoms with Gasteiger partial charge in [0.25, 0.3) is 0 Å². The van der Waals surface area contributed by atoms with Crippen molar-refractivity contribution in [2.24, 2.45) is 5.92 Å². The molecule has 1 heterocycles. The Morgan fingerprint density at radius 3 is 3.00 bits per heavy atom. The summed E-state index contributed by atoms with van der Waals surface area (Å²) >= 11 is 1.79. The average molecular weight is 210 g/mol. The molecule has 2 rings (SSSR count). The summed E-state index contributed by atoms with van der Waals surface area (Å²) in [5.41, 5.74) is 0. The molecule has 3 heteroatoms. The van der Waals surface area contributed by atoms with Crippen LogP contribution < -0.4 is 0 Å². The maximum Gasteiger partial charge on any atom is 0.307 e. The third-order valence-corrected chi connectivity index (χ3v) is 3.93. The molecule has 1 aliphatic rings. The summed E-state index contributed by atoms with van der Waals surface area (Å²) in [7, 11) is 0. The molecule has 76 valence electrons. The number of carbonyl (C=O) groups is 1. The van der Waals surface area contributed by atoms with E-state index >= 15 is 0 Å². The van der Waals surface area contributed by atoms with E-state index in [0.717, 1.165) is 19.3 Å². The molecule has 0 aliphatic heterocycles. The normalized spacial score (nSPS) is 24.9. The number of hydrogen-bond acceptors (Lipinski definition) is 2. The first-order valence-corrected chi connectivity index (χ1v) is 5.85. The summed E-state index contributed by atoms with van der Waals surface area (Å²) in [4.78, 5) is 13.3. The highest BCUT2D eigenvalue weighted by atomic mass is 32.1. The van der Waals surface area contributed by atoms with Gasteiger partial charge in [0.05, 0.1) is 5.92 Å². The standard InChI is InChI=1S/C11H14O2S/c1-2-3-7-4-5-10(14-7)8-6-9(8)11(12)13/h4-5,8-9H,2-3,6H2,1H3,(H,12,13). The number of aryl methyl sites for hydroxylation is 1. The largest absolute Gasteiger partial charge is 0.481 e. The van der Waals surface area contributed by atoms with E-state index in [4.69, 9.17) is 5.11 Å². The average Bonchev–Trinajstić information content (AvgIpc) is 2.82. The number of thiophene rings is 1. The van der Waals surface area contributed by atoms with Gasteiger partial charge >= 0.3 is 5.97 Å². The third-order valence-electron chi connectivity index (χ3n) is 2.65. The molecule has 2 atom stereocenters. The van der Waals surface area contributed by atoms with Gasteiger partial charge in [-0.1, -0.05) is 13.3 Å². The first-order valence-electron chi connectivity index (χ1n) is 5.03. The molecule has 0 amide bonds. The van der Waals surface area contributed by atoms with Crippen molar-refractivity contribution in [1.82, 2.24) is 0 Å². The number of carboxylic acids is 1. The second-order valence-electron chi connectivity index (χ2n) is 3.84. The van der Waals surface area contributed by atoms with Crippen molar-refractivity contribution >= 4 is 17.3 Å². The van der Waals surface area contributed by atoms with Crippen LogP contribution in [-0.4, -0.2) is 11.1 Å². The molecule has 1 aromatic rings. The van der Waals surface area contributed by atoms with Gasteiger partial charge in [0, 0.05) is 15.7 Å². The number of hydrogen-bond donors (Lipinski definition) is 1. The van der Waals surface area contributed by atoms with Crippen molar-refractivity contribution in [3.63, 3.8) is 0 Å². The zero-order chi connectivity index (χ0) is 10.1. The molecule has 1 saturated carbocycles. The minimum absolute atomic E-state index is 0.108. The quantitative estimate of drug-likeness (QED) is 0.829. The van der Waals surface area contributed by atoms with Gasteiger partial charge in [-0.05, 0) is 25.0 Å². The van der Waals surface area contributed by atoms with Gasteiger partial charge in [0.15, 0.2) is 0 Å². The molecular weight excluding hydrogens is 196 g/mol. The molecule has 1 fully saturated rings. The van der Waals surface area contributed by atoms with Crippen molar-refractivity contribution in [2.45, 2.75) is 32.1 Å². The van der Waals surface area contributed by atoms with E-state index in [-0.39, 0.29) is 5.92 Å². The van der Waals surface area contributed by atoms with Crippen LogP contribution in [0.3, 0.4) is 0 Å².